The number of ether oxygens (including phenoxy) is 2. The van der Waals surface area contributed by atoms with Gasteiger partial charge in [0.2, 0.25) is 5.90 Å². The Morgan fingerprint density at radius 3 is 2.59 bits per heavy atom. The highest BCUT2D eigenvalue weighted by molar-refractivity contribution is 6.16. The fourth-order valence-electron chi connectivity index (χ4n) is 1.49. The minimum Gasteiger partial charge on any atom is -0.467 e. The van der Waals surface area contributed by atoms with Crippen LogP contribution in [-0.4, -0.2) is 30.5 Å². The second-order valence-electron chi connectivity index (χ2n) is 3.74. The number of rotatable bonds is 2. The summed E-state index contributed by atoms with van der Waals surface area (Å²) >= 11 is 0. The van der Waals surface area contributed by atoms with Gasteiger partial charge in [0.1, 0.15) is 0 Å². The number of nitrogens with zero attached hydrogens (tertiary/aromatic N) is 1. The monoisotopic (exact) mass is 233 g/mol. The molecular formula is C12H11NO4. The van der Waals surface area contributed by atoms with Gasteiger partial charge in [-0.2, -0.15) is 0 Å². The molecule has 0 aliphatic carbocycles. The van der Waals surface area contributed by atoms with E-state index in [0.717, 1.165) is 0 Å². The van der Waals surface area contributed by atoms with E-state index in [1.165, 1.54) is 14.0 Å². The van der Waals surface area contributed by atoms with E-state index in [9.17, 15) is 9.59 Å². The van der Waals surface area contributed by atoms with Gasteiger partial charge in [0.05, 0.1) is 7.11 Å². The first-order valence-corrected chi connectivity index (χ1v) is 5.04. The van der Waals surface area contributed by atoms with Crippen LogP contribution in [0, 0.1) is 0 Å². The van der Waals surface area contributed by atoms with Crippen LogP contribution in [0.15, 0.2) is 35.3 Å². The lowest BCUT2D eigenvalue weighted by Crippen LogP contribution is -2.40. The Morgan fingerprint density at radius 1 is 1.35 bits per heavy atom. The summed E-state index contributed by atoms with van der Waals surface area (Å²) in [5.41, 5.74) is -0.951. The highest BCUT2D eigenvalue weighted by Gasteiger charge is 2.49. The molecule has 1 aliphatic heterocycles. The van der Waals surface area contributed by atoms with Crippen LogP contribution in [-0.2, 0) is 19.1 Å². The molecule has 0 saturated carbocycles. The van der Waals surface area contributed by atoms with E-state index in [0.29, 0.717) is 5.56 Å². The Hall–Kier alpha value is -2.17. The van der Waals surface area contributed by atoms with Gasteiger partial charge in [-0.1, -0.05) is 18.2 Å². The number of methoxy groups -OCH3 is 1. The summed E-state index contributed by atoms with van der Waals surface area (Å²) in [6.45, 7) is 1.37. The molecule has 0 bridgehead atoms. The van der Waals surface area contributed by atoms with Crippen LogP contribution in [0.2, 0.25) is 0 Å². The van der Waals surface area contributed by atoms with E-state index in [1.54, 1.807) is 24.3 Å². The van der Waals surface area contributed by atoms with Gasteiger partial charge in [0, 0.05) is 5.56 Å². The fourth-order valence-corrected chi connectivity index (χ4v) is 1.49. The van der Waals surface area contributed by atoms with Crippen molar-refractivity contribution < 1.29 is 19.1 Å². The van der Waals surface area contributed by atoms with Crippen LogP contribution in [0.1, 0.15) is 12.5 Å². The molecule has 88 valence electrons. The third kappa shape index (κ3) is 1.80. The molecule has 0 N–H and O–H groups in total. The van der Waals surface area contributed by atoms with Gasteiger partial charge in [0.15, 0.2) is 0 Å². The van der Waals surface area contributed by atoms with Gasteiger partial charge >= 0.3 is 11.9 Å². The van der Waals surface area contributed by atoms with Crippen molar-refractivity contribution in [1.29, 1.82) is 0 Å². The quantitative estimate of drug-likeness (QED) is 0.563. The van der Waals surface area contributed by atoms with Gasteiger partial charge in [0.25, 0.3) is 5.54 Å². The normalized spacial score (nSPS) is 22.9. The molecule has 1 heterocycles. The third-order valence-corrected chi connectivity index (χ3v) is 2.52. The molecule has 0 amide bonds. The molecule has 2 rings (SSSR count). The lowest BCUT2D eigenvalue weighted by molar-refractivity contribution is -0.154. The predicted octanol–water partition coefficient (Wildman–Crippen LogP) is 0.922. The van der Waals surface area contributed by atoms with Crippen molar-refractivity contribution in [1.82, 2.24) is 0 Å². The first-order valence-electron chi connectivity index (χ1n) is 5.04. The zero-order valence-electron chi connectivity index (χ0n) is 9.47. The predicted molar refractivity (Wildman–Crippen MR) is 59.5 cm³/mol. The maximum atomic E-state index is 11.6. The van der Waals surface area contributed by atoms with Crippen molar-refractivity contribution in [2.75, 3.05) is 7.11 Å². The van der Waals surface area contributed by atoms with E-state index >= 15 is 0 Å². The molecule has 1 atom stereocenters. The summed E-state index contributed by atoms with van der Waals surface area (Å²) < 4.78 is 9.54. The Balaban J connectivity index is 2.38. The number of hydrogen-bond donors (Lipinski definition) is 0. The first kappa shape index (κ1) is 11.3. The van der Waals surface area contributed by atoms with Gasteiger partial charge in [-0.3, -0.25) is 0 Å². The topological polar surface area (TPSA) is 65.0 Å². The van der Waals surface area contributed by atoms with Crippen LogP contribution in [0.5, 0.6) is 0 Å². The van der Waals surface area contributed by atoms with Gasteiger partial charge < -0.3 is 9.47 Å². The SMILES string of the molecule is COC(=O)[C@@]1(C)N=C(c2ccccc2)OC1=O. The second-order valence-corrected chi connectivity index (χ2v) is 3.74. The lowest BCUT2D eigenvalue weighted by atomic mass is 10.1. The maximum Gasteiger partial charge on any atom is 0.352 e. The van der Waals surface area contributed by atoms with Crippen molar-refractivity contribution in [3.8, 4) is 0 Å². The van der Waals surface area contributed by atoms with Crippen LogP contribution < -0.4 is 0 Å². The second kappa shape index (κ2) is 4.01. The van der Waals surface area contributed by atoms with E-state index < -0.39 is 17.5 Å². The number of carbonyl (C=O) groups excluding carboxylic acids is 2. The largest absolute Gasteiger partial charge is 0.467 e. The summed E-state index contributed by atoms with van der Waals surface area (Å²) in [6, 6.07) is 8.91. The Morgan fingerprint density at radius 2 is 2.00 bits per heavy atom. The molecule has 0 aromatic heterocycles. The average Bonchev–Trinajstić information content (AvgIpc) is 2.67. The van der Waals surface area contributed by atoms with Crippen molar-refractivity contribution >= 4 is 17.8 Å². The summed E-state index contributed by atoms with van der Waals surface area (Å²) in [5.74, 6) is -1.31. The molecule has 0 saturated heterocycles. The molecule has 0 unspecified atom stereocenters. The van der Waals surface area contributed by atoms with E-state index in [1.807, 2.05) is 6.07 Å². The molecule has 5 nitrogen and oxygen atoms in total. The summed E-state index contributed by atoms with van der Waals surface area (Å²) in [4.78, 5) is 27.1. The Labute approximate surface area is 98.1 Å². The minimum atomic E-state index is -1.60. The summed E-state index contributed by atoms with van der Waals surface area (Å²) in [6.07, 6.45) is 0. The van der Waals surface area contributed by atoms with E-state index in [-0.39, 0.29) is 5.90 Å². The molecule has 17 heavy (non-hydrogen) atoms. The molecule has 1 aromatic carbocycles. The smallest absolute Gasteiger partial charge is 0.352 e. The lowest BCUT2D eigenvalue weighted by Gasteiger charge is -2.11. The molecule has 5 heteroatoms. The number of cyclic esters (lactones) is 1. The van der Waals surface area contributed by atoms with Crippen LogP contribution >= 0.6 is 0 Å². The van der Waals surface area contributed by atoms with Crippen LogP contribution in [0.25, 0.3) is 0 Å². The number of aliphatic imine (C=N–C) groups is 1. The molecule has 0 spiro atoms. The molecule has 1 aromatic rings. The highest BCUT2D eigenvalue weighted by atomic mass is 16.6. The fraction of sp³-hybridized carbons (Fsp3) is 0.250. The number of benzene rings is 1. The molecule has 0 radical (unpaired) electrons. The third-order valence-electron chi connectivity index (χ3n) is 2.52. The van der Waals surface area contributed by atoms with Gasteiger partial charge in [-0.05, 0) is 19.1 Å². The van der Waals surface area contributed by atoms with Crippen LogP contribution in [0.3, 0.4) is 0 Å². The van der Waals surface area contributed by atoms with E-state index in [2.05, 4.69) is 9.73 Å². The van der Waals surface area contributed by atoms with Crippen molar-refractivity contribution in [2.24, 2.45) is 4.99 Å². The van der Waals surface area contributed by atoms with Gasteiger partial charge in [-0.15, -0.1) is 0 Å². The van der Waals surface area contributed by atoms with Crippen LogP contribution in [0.4, 0.5) is 0 Å². The minimum absolute atomic E-state index is 0.142. The number of carbonyl (C=O) groups is 2. The number of esters is 2. The Kier molecular flexibility index (Phi) is 2.67. The zero-order chi connectivity index (χ0) is 12.5. The van der Waals surface area contributed by atoms with Crippen molar-refractivity contribution in [3.05, 3.63) is 35.9 Å². The zero-order valence-corrected chi connectivity index (χ0v) is 9.47. The molecular weight excluding hydrogens is 222 g/mol. The molecule has 1 aliphatic rings. The van der Waals surface area contributed by atoms with Crippen molar-refractivity contribution in [2.45, 2.75) is 12.5 Å². The molecule has 0 fully saturated rings. The van der Waals surface area contributed by atoms with Gasteiger partial charge in [-0.25, -0.2) is 14.6 Å². The maximum absolute atomic E-state index is 11.6. The summed E-state index contributed by atoms with van der Waals surface area (Å²) in [5, 5.41) is 0. The summed E-state index contributed by atoms with van der Waals surface area (Å²) in [7, 11) is 1.21. The standard InChI is InChI=1S/C12H11NO4/c1-12(10(14)16-2)11(15)17-9(13-12)8-6-4-3-5-7-8/h3-7H,1-2H3/t12-/m1/s1. The first-order chi connectivity index (χ1) is 8.08. The average molecular weight is 233 g/mol. The van der Waals surface area contributed by atoms with Crippen molar-refractivity contribution in [3.63, 3.8) is 0 Å². The highest BCUT2D eigenvalue weighted by Crippen LogP contribution is 2.24. The van der Waals surface area contributed by atoms with E-state index in [4.69, 9.17) is 4.74 Å². The number of hydrogen-bond acceptors (Lipinski definition) is 5. The Bertz CT molecular complexity index is 494.